The Morgan fingerprint density at radius 1 is 1.71 bits per heavy atom. The van der Waals surface area contributed by atoms with Crippen molar-refractivity contribution in [3.63, 3.8) is 0 Å². The third-order valence-electron chi connectivity index (χ3n) is 3.31. The molecule has 3 N–H and O–H groups in total. The number of likely N-dealkylation sites (tertiary alicyclic amines) is 1. The number of halogens is 1. The first-order valence-corrected chi connectivity index (χ1v) is 7.05. The monoisotopic (exact) mass is 318 g/mol. The molecule has 0 spiro atoms. The van der Waals surface area contributed by atoms with Gasteiger partial charge in [0.15, 0.2) is 0 Å². The molecule has 2 unspecified atom stereocenters. The van der Waals surface area contributed by atoms with Crippen LogP contribution in [0.25, 0.3) is 0 Å². The Bertz CT molecular complexity index is 437. The van der Waals surface area contributed by atoms with Crippen LogP contribution in [-0.2, 0) is 4.79 Å². The van der Waals surface area contributed by atoms with Crippen molar-refractivity contribution in [2.24, 2.45) is 5.73 Å². The van der Waals surface area contributed by atoms with Crippen molar-refractivity contribution in [1.29, 1.82) is 0 Å². The van der Waals surface area contributed by atoms with Gasteiger partial charge in [-0.15, -0.1) is 11.3 Å². The maximum Gasteiger partial charge on any atom is 0.325 e. The Kier molecular flexibility index (Phi) is 3.58. The van der Waals surface area contributed by atoms with Gasteiger partial charge in [-0.25, -0.2) is 0 Å². The van der Waals surface area contributed by atoms with Crippen molar-refractivity contribution in [2.45, 2.75) is 24.9 Å². The van der Waals surface area contributed by atoms with E-state index in [1.54, 1.807) is 11.3 Å². The molecular weight excluding hydrogens is 304 g/mol. The van der Waals surface area contributed by atoms with Gasteiger partial charge in [-0.3, -0.25) is 9.69 Å². The molecule has 6 heteroatoms. The number of aliphatic carboxylic acids is 1. The van der Waals surface area contributed by atoms with E-state index in [1.807, 2.05) is 6.07 Å². The van der Waals surface area contributed by atoms with Crippen LogP contribution in [0.4, 0.5) is 0 Å². The zero-order valence-electron chi connectivity index (χ0n) is 9.52. The van der Waals surface area contributed by atoms with Crippen molar-refractivity contribution in [3.8, 4) is 0 Å². The van der Waals surface area contributed by atoms with E-state index in [1.165, 1.54) is 4.88 Å². The van der Waals surface area contributed by atoms with Crippen LogP contribution >= 0.6 is 27.3 Å². The Morgan fingerprint density at radius 3 is 2.88 bits per heavy atom. The Labute approximate surface area is 113 Å². The highest BCUT2D eigenvalue weighted by Crippen LogP contribution is 2.33. The van der Waals surface area contributed by atoms with Gasteiger partial charge in [0.2, 0.25) is 0 Å². The molecule has 94 valence electrons. The van der Waals surface area contributed by atoms with Gasteiger partial charge in [-0.1, -0.05) is 0 Å². The van der Waals surface area contributed by atoms with E-state index in [9.17, 15) is 4.79 Å². The second-order valence-corrected chi connectivity index (χ2v) is 6.99. The summed E-state index contributed by atoms with van der Waals surface area (Å²) in [5, 5.41) is 9.09. The fraction of sp³-hybridized carbons (Fsp3) is 0.545. The number of hydrogen-bond donors (Lipinski definition) is 2. The molecule has 2 heterocycles. The van der Waals surface area contributed by atoms with Crippen LogP contribution in [0.2, 0.25) is 0 Å². The largest absolute Gasteiger partial charge is 0.480 e. The molecule has 1 aromatic heterocycles. The van der Waals surface area contributed by atoms with Gasteiger partial charge in [0.25, 0.3) is 0 Å². The van der Waals surface area contributed by atoms with Gasteiger partial charge in [0.1, 0.15) is 5.54 Å². The van der Waals surface area contributed by atoms with Crippen molar-refractivity contribution in [2.75, 3.05) is 13.1 Å². The van der Waals surface area contributed by atoms with Crippen LogP contribution in [0.15, 0.2) is 15.9 Å². The average molecular weight is 319 g/mol. The fourth-order valence-corrected chi connectivity index (χ4v) is 3.61. The van der Waals surface area contributed by atoms with Crippen molar-refractivity contribution in [3.05, 3.63) is 20.8 Å². The first-order valence-electron chi connectivity index (χ1n) is 5.44. The normalized spacial score (nSPS) is 27.2. The molecule has 1 saturated heterocycles. The quantitative estimate of drug-likeness (QED) is 0.895. The van der Waals surface area contributed by atoms with Crippen molar-refractivity contribution in [1.82, 2.24) is 4.90 Å². The molecule has 4 nitrogen and oxygen atoms in total. The SMILES string of the molecule is CC(c1ccc(Br)s1)N1CCC(N)(C(=O)O)C1. The van der Waals surface area contributed by atoms with Gasteiger partial charge in [-0.05, 0) is 41.4 Å². The van der Waals surface area contributed by atoms with E-state index in [2.05, 4.69) is 33.8 Å². The number of carboxylic acids is 1. The molecule has 0 aliphatic carbocycles. The summed E-state index contributed by atoms with van der Waals surface area (Å²) in [5.41, 5.74) is 4.79. The van der Waals surface area contributed by atoms with Crippen LogP contribution < -0.4 is 5.73 Å². The zero-order valence-corrected chi connectivity index (χ0v) is 11.9. The van der Waals surface area contributed by atoms with E-state index < -0.39 is 11.5 Å². The second-order valence-electron chi connectivity index (χ2n) is 4.50. The van der Waals surface area contributed by atoms with Gasteiger partial charge in [0.05, 0.1) is 3.79 Å². The molecule has 1 aliphatic rings. The molecule has 0 amide bonds. The van der Waals surface area contributed by atoms with E-state index in [-0.39, 0.29) is 6.04 Å². The van der Waals surface area contributed by atoms with Gasteiger partial charge in [-0.2, -0.15) is 0 Å². The highest BCUT2D eigenvalue weighted by Gasteiger charge is 2.42. The lowest BCUT2D eigenvalue weighted by atomic mass is 10.0. The lowest BCUT2D eigenvalue weighted by Gasteiger charge is -2.25. The molecule has 17 heavy (non-hydrogen) atoms. The molecular formula is C11H15BrN2O2S. The highest BCUT2D eigenvalue weighted by molar-refractivity contribution is 9.11. The summed E-state index contributed by atoms with van der Waals surface area (Å²) in [6, 6.07) is 4.30. The summed E-state index contributed by atoms with van der Waals surface area (Å²) >= 11 is 5.11. The topological polar surface area (TPSA) is 66.6 Å². The van der Waals surface area contributed by atoms with Crippen LogP contribution in [0, 0.1) is 0 Å². The van der Waals surface area contributed by atoms with E-state index in [0.29, 0.717) is 13.0 Å². The predicted molar refractivity (Wildman–Crippen MR) is 71.2 cm³/mol. The molecule has 1 fully saturated rings. The highest BCUT2D eigenvalue weighted by atomic mass is 79.9. The molecule has 2 atom stereocenters. The minimum atomic E-state index is -1.08. The molecule has 0 saturated carbocycles. The number of carboxylic acid groups (broad SMARTS) is 1. The molecule has 1 aromatic rings. The van der Waals surface area contributed by atoms with Crippen LogP contribution in [0.5, 0.6) is 0 Å². The Morgan fingerprint density at radius 2 is 2.41 bits per heavy atom. The number of nitrogens with zero attached hydrogens (tertiary/aromatic N) is 1. The minimum Gasteiger partial charge on any atom is -0.480 e. The number of carbonyl (C=O) groups is 1. The smallest absolute Gasteiger partial charge is 0.325 e. The summed E-state index contributed by atoms with van der Waals surface area (Å²) in [4.78, 5) is 14.4. The summed E-state index contributed by atoms with van der Waals surface area (Å²) < 4.78 is 1.09. The maximum atomic E-state index is 11.1. The summed E-state index contributed by atoms with van der Waals surface area (Å²) in [6.45, 7) is 3.24. The number of rotatable bonds is 3. The predicted octanol–water partition coefficient (Wildman–Crippen LogP) is 2.06. The van der Waals surface area contributed by atoms with E-state index >= 15 is 0 Å². The van der Waals surface area contributed by atoms with Crippen LogP contribution in [0.3, 0.4) is 0 Å². The second kappa shape index (κ2) is 4.68. The van der Waals surface area contributed by atoms with Gasteiger partial charge < -0.3 is 10.8 Å². The zero-order chi connectivity index (χ0) is 12.6. The van der Waals surface area contributed by atoms with E-state index in [0.717, 1.165) is 10.3 Å². The standard InChI is InChI=1S/C11H15BrN2O2S/c1-7(8-2-3-9(12)17-8)14-5-4-11(13,6-14)10(15)16/h2-3,7H,4-6,13H2,1H3,(H,15,16). The molecule has 2 rings (SSSR count). The summed E-state index contributed by atoms with van der Waals surface area (Å²) in [6.07, 6.45) is 0.513. The number of nitrogens with two attached hydrogens (primary N) is 1. The summed E-state index contributed by atoms with van der Waals surface area (Å²) in [7, 11) is 0. The van der Waals surface area contributed by atoms with Gasteiger partial charge >= 0.3 is 5.97 Å². The van der Waals surface area contributed by atoms with Crippen LogP contribution in [0.1, 0.15) is 24.3 Å². The van der Waals surface area contributed by atoms with E-state index in [4.69, 9.17) is 10.8 Å². The Balaban J connectivity index is 2.08. The van der Waals surface area contributed by atoms with Crippen molar-refractivity contribution < 1.29 is 9.90 Å². The number of hydrogen-bond acceptors (Lipinski definition) is 4. The molecule has 0 bridgehead atoms. The number of thiophene rings is 1. The molecule has 0 aromatic carbocycles. The summed E-state index contributed by atoms with van der Waals surface area (Å²) in [5.74, 6) is -0.903. The maximum absolute atomic E-state index is 11.1. The minimum absolute atomic E-state index is 0.219. The molecule has 1 aliphatic heterocycles. The fourth-order valence-electron chi connectivity index (χ4n) is 2.10. The van der Waals surface area contributed by atoms with Crippen LogP contribution in [-0.4, -0.2) is 34.6 Å². The molecule has 0 radical (unpaired) electrons. The van der Waals surface area contributed by atoms with Crippen molar-refractivity contribution >= 4 is 33.2 Å². The Hall–Kier alpha value is -0.430. The third-order valence-corrected chi connectivity index (χ3v) is 5.10. The third kappa shape index (κ3) is 2.54. The average Bonchev–Trinajstić information content (AvgIpc) is 2.85. The lowest BCUT2D eigenvalue weighted by molar-refractivity contribution is -0.142. The lowest BCUT2D eigenvalue weighted by Crippen LogP contribution is -2.50. The first kappa shape index (κ1) is 13.0. The van der Waals surface area contributed by atoms with Gasteiger partial charge in [0, 0.05) is 24.0 Å². The first-order chi connectivity index (χ1) is 7.92.